The quantitative estimate of drug-likeness (QED) is 0.290. The zero-order chi connectivity index (χ0) is 27.7. The van der Waals surface area contributed by atoms with Crippen LogP contribution in [0.1, 0.15) is 64.4 Å². The van der Waals surface area contributed by atoms with Gasteiger partial charge in [-0.15, -0.1) is 0 Å². The zero-order valence-electron chi connectivity index (χ0n) is 22.1. The molecule has 1 aliphatic heterocycles. The van der Waals surface area contributed by atoms with E-state index >= 15 is 0 Å². The number of allylic oxidation sites excluding steroid dienone is 1. The number of esters is 1. The average molecular weight is 552 g/mol. The van der Waals surface area contributed by atoms with E-state index in [1.807, 2.05) is 0 Å². The smallest absolute Gasteiger partial charge is 0.343 e. The Balaban J connectivity index is 1.19. The Hall–Kier alpha value is -2.75. The summed E-state index contributed by atoms with van der Waals surface area (Å²) in [5.41, 5.74) is -0.478. The number of ketones is 1. The van der Waals surface area contributed by atoms with Crippen LogP contribution < -0.4 is 10.1 Å². The van der Waals surface area contributed by atoms with Crippen LogP contribution in [0, 0.1) is 28.6 Å². The van der Waals surface area contributed by atoms with Crippen molar-refractivity contribution in [2.45, 2.75) is 70.5 Å². The number of aliphatic hydroxyl groups is 2. The van der Waals surface area contributed by atoms with Crippen LogP contribution in [-0.2, 0) is 14.4 Å². The van der Waals surface area contributed by atoms with Gasteiger partial charge in [-0.3, -0.25) is 19.7 Å². The Morgan fingerprint density at radius 2 is 1.87 bits per heavy atom. The maximum atomic E-state index is 13.3. The molecule has 1 saturated heterocycles. The van der Waals surface area contributed by atoms with E-state index < -0.39 is 34.2 Å². The highest BCUT2D eigenvalue weighted by Gasteiger charge is 2.65. The summed E-state index contributed by atoms with van der Waals surface area (Å²) in [5.74, 6) is -0.484. The van der Waals surface area contributed by atoms with Gasteiger partial charge >= 0.3 is 5.97 Å². The van der Waals surface area contributed by atoms with Crippen LogP contribution in [0.2, 0.25) is 0 Å². The van der Waals surface area contributed by atoms with Crippen molar-refractivity contribution < 1.29 is 34.1 Å². The predicted octanol–water partition coefficient (Wildman–Crippen LogP) is 4.15. The van der Waals surface area contributed by atoms with Gasteiger partial charge in [0.15, 0.2) is 11.4 Å². The number of ether oxygens (including phenoxy) is 1. The lowest BCUT2D eigenvalue weighted by atomic mass is 9.46. The maximum Gasteiger partial charge on any atom is 0.343 e. The number of carbonyl (C=O) groups excluding carboxylic acids is 4. The monoisotopic (exact) mass is 551 g/mol. The number of imide groups is 1. The highest BCUT2D eigenvalue weighted by atomic mass is 32.2. The number of carbonyl (C=O) groups is 4. The molecule has 4 fully saturated rings. The molecule has 4 aliphatic carbocycles. The Morgan fingerprint density at radius 1 is 1.13 bits per heavy atom. The molecule has 5 aliphatic rings. The number of fused-ring (bicyclic) bond motifs is 5. The van der Waals surface area contributed by atoms with Gasteiger partial charge in [0.2, 0.25) is 0 Å². The van der Waals surface area contributed by atoms with E-state index in [1.54, 1.807) is 36.4 Å². The van der Waals surface area contributed by atoms with E-state index in [0.717, 1.165) is 36.6 Å². The second kappa shape index (κ2) is 9.14. The first-order valence-electron chi connectivity index (χ1n) is 13.6. The summed E-state index contributed by atoms with van der Waals surface area (Å²) in [7, 11) is 0. The molecule has 7 atom stereocenters. The minimum Gasteiger partial charge on any atom is -0.424 e. The summed E-state index contributed by atoms with van der Waals surface area (Å²) in [6.45, 7) is 4.25. The number of hydrogen-bond donors (Lipinski definition) is 3. The molecule has 2 amide bonds. The average Bonchev–Trinajstić information content (AvgIpc) is 3.34. The molecule has 0 bridgehead atoms. The fraction of sp³-hybridized carbons (Fsp3) is 0.533. The van der Waals surface area contributed by atoms with Gasteiger partial charge in [0.25, 0.3) is 11.1 Å². The molecule has 0 spiro atoms. The third-order valence-electron chi connectivity index (χ3n) is 10.1. The number of hydrogen-bond acceptors (Lipinski definition) is 8. The molecule has 8 nitrogen and oxygen atoms in total. The lowest BCUT2D eigenvalue weighted by Crippen LogP contribution is -2.55. The molecule has 3 saturated carbocycles. The highest BCUT2D eigenvalue weighted by molar-refractivity contribution is 8.18. The number of rotatable bonds is 3. The summed E-state index contributed by atoms with van der Waals surface area (Å²) in [4.78, 5) is 48.9. The Bertz CT molecular complexity index is 1340. The molecule has 1 aromatic rings. The van der Waals surface area contributed by atoms with Gasteiger partial charge in [-0.2, -0.15) is 0 Å². The van der Waals surface area contributed by atoms with E-state index in [1.165, 1.54) is 0 Å². The van der Waals surface area contributed by atoms with Gasteiger partial charge in [0, 0.05) is 6.42 Å². The van der Waals surface area contributed by atoms with Crippen LogP contribution in [0.5, 0.6) is 5.75 Å². The number of thioether (sulfide) groups is 1. The van der Waals surface area contributed by atoms with Crippen molar-refractivity contribution in [1.82, 2.24) is 5.32 Å². The molecular formula is C30H33NO7S. The largest absolute Gasteiger partial charge is 0.424 e. The Morgan fingerprint density at radius 3 is 2.56 bits per heavy atom. The minimum atomic E-state index is -1.66. The van der Waals surface area contributed by atoms with Crippen LogP contribution in [0.15, 0.2) is 40.8 Å². The lowest BCUT2D eigenvalue weighted by Gasteiger charge is -2.58. The number of aliphatic hydroxyl groups excluding tert-OH is 1. The van der Waals surface area contributed by atoms with E-state index in [2.05, 4.69) is 19.2 Å². The van der Waals surface area contributed by atoms with Crippen molar-refractivity contribution in [1.29, 1.82) is 0 Å². The molecule has 6 rings (SSSR count). The number of amides is 2. The molecule has 4 unspecified atom stereocenters. The minimum absolute atomic E-state index is 0.000819. The maximum absolute atomic E-state index is 13.3. The molecule has 39 heavy (non-hydrogen) atoms. The molecule has 1 aromatic carbocycles. The Kier molecular flexibility index (Phi) is 6.21. The fourth-order valence-electron chi connectivity index (χ4n) is 8.39. The zero-order valence-corrected chi connectivity index (χ0v) is 22.9. The van der Waals surface area contributed by atoms with Crippen LogP contribution in [0.3, 0.4) is 0 Å². The van der Waals surface area contributed by atoms with E-state index in [9.17, 15) is 29.4 Å². The molecule has 0 aromatic heterocycles. The standard InChI is InChI=1S/C30H33NO7S/c1-28-14-22(33)24-20(8-5-17-12-18(32)9-10-29(17,24)2)21(28)13-30(37,15-28)26(35)38-19-6-3-16(4-7-19)11-23-25(34)31-27(36)39-23/h3-4,6-7,11-12,20-22,24,33,37H,5,8-10,13-15H2,1-2H3,(H,31,34,36)/b23-11-/t20?,21?,22?,24?,28-,29+,30-/m1/s1. The number of nitrogens with one attached hydrogen (secondary N) is 1. The van der Waals surface area contributed by atoms with Crippen LogP contribution >= 0.6 is 11.8 Å². The first kappa shape index (κ1) is 26.5. The molecule has 9 heteroatoms. The SMILES string of the molecule is C[C@]12CC(O)C3C(CCC4=CC(=O)CC[C@@]43C)C1C[C@](O)(C(=O)Oc1ccc(/C=C3\SC(=O)NC3=O)cc1)C2. The van der Waals surface area contributed by atoms with Gasteiger partial charge < -0.3 is 14.9 Å². The summed E-state index contributed by atoms with van der Waals surface area (Å²) >= 11 is 0.830. The molecule has 206 valence electrons. The van der Waals surface area contributed by atoms with Crippen LogP contribution in [0.25, 0.3) is 6.08 Å². The first-order chi connectivity index (χ1) is 18.4. The summed E-state index contributed by atoms with van der Waals surface area (Å²) < 4.78 is 5.64. The van der Waals surface area contributed by atoms with Crippen molar-refractivity contribution in [2.75, 3.05) is 0 Å². The van der Waals surface area contributed by atoms with Gasteiger partial charge in [-0.1, -0.05) is 31.6 Å². The van der Waals surface area contributed by atoms with Gasteiger partial charge in [0.05, 0.1) is 11.0 Å². The third kappa shape index (κ3) is 4.39. The summed E-state index contributed by atoms with van der Waals surface area (Å²) in [5, 5.41) is 24.8. The van der Waals surface area contributed by atoms with Crippen molar-refractivity contribution in [3.63, 3.8) is 0 Å². The second-order valence-corrected chi connectivity index (χ2v) is 13.6. The topological polar surface area (TPSA) is 130 Å². The van der Waals surface area contributed by atoms with Crippen molar-refractivity contribution in [3.05, 3.63) is 46.4 Å². The van der Waals surface area contributed by atoms with Crippen molar-refractivity contribution in [3.8, 4) is 5.75 Å². The highest BCUT2D eigenvalue weighted by Crippen LogP contribution is 2.66. The first-order valence-corrected chi connectivity index (χ1v) is 14.4. The van der Waals surface area contributed by atoms with Gasteiger partial charge in [-0.25, -0.2) is 4.79 Å². The predicted molar refractivity (Wildman–Crippen MR) is 144 cm³/mol. The summed E-state index contributed by atoms with van der Waals surface area (Å²) in [6.07, 6.45) is 6.71. The lowest BCUT2D eigenvalue weighted by molar-refractivity contribution is -0.155. The third-order valence-corrected chi connectivity index (χ3v) is 10.9. The normalized spacial score (nSPS) is 40.5. The second-order valence-electron chi connectivity index (χ2n) is 12.5. The van der Waals surface area contributed by atoms with E-state index in [4.69, 9.17) is 4.74 Å². The van der Waals surface area contributed by atoms with Gasteiger partial charge in [-0.05, 0) is 109 Å². The summed E-state index contributed by atoms with van der Waals surface area (Å²) in [6, 6.07) is 6.54. The van der Waals surface area contributed by atoms with Gasteiger partial charge in [0.1, 0.15) is 5.75 Å². The van der Waals surface area contributed by atoms with Crippen LogP contribution in [0.4, 0.5) is 4.79 Å². The Labute approximate surface area is 231 Å². The van der Waals surface area contributed by atoms with E-state index in [0.29, 0.717) is 23.3 Å². The van der Waals surface area contributed by atoms with Crippen molar-refractivity contribution >= 4 is 40.7 Å². The van der Waals surface area contributed by atoms with Crippen LogP contribution in [-0.4, -0.2) is 44.8 Å². The fourth-order valence-corrected chi connectivity index (χ4v) is 9.07. The van der Waals surface area contributed by atoms with Crippen molar-refractivity contribution in [2.24, 2.45) is 28.6 Å². The molecule has 1 heterocycles. The van der Waals surface area contributed by atoms with E-state index in [-0.39, 0.29) is 47.5 Å². The molecule has 0 radical (unpaired) electrons. The molecular weight excluding hydrogens is 518 g/mol. The molecule has 3 N–H and O–H groups in total. The number of benzene rings is 1.